The van der Waals surface area contributed by atoms with Crippen LogP contribution in [0.2, 0.25) is 0 Å². The van der Waals surface area contributed by atoms with Crippen molar-refractivity contribution in [2.24, 2.45) is 0 Å². The third-order valence-corrected chi connectivity index (χ3v) is 0.990. The first-order valence-electron chi connectivity index (χ1n) is 2.85. The number of hydrogen-bond donors (Lipinski definition) is 2. The molecule has 0 saturated carbocycles. The topological polar surface area (TPSA) is 40.5 Å². The summed E-state index contributed by atoms with van der Waals surface area (Å²) in [6, 6.07) is 0. The summed E-state index contributed by atoms with van der Waals surface area (Å²) >= 11 is 0. The lowest BCUT2D eigenvalue weighted by molar-refractivity contribution is 0.317. The maximum Gasteiger partial charge on any atom is 0.0645 e. The molecule has 9 heavy (non-hydrogen) atoms. The Morgan fingerprint density at radius 1 is 1.44 bits per heavy atom. The smallest absolute Gasteiger partial charge is 0.0645 e. The molecule has 2 heteroatoms. The van der Waals surface area contributed by atoms with Crippen LogP contribution in [0.1, 0.15) is 6.42 Å². The fourth-order valence-electron chi connectivity index (χ4n) is 0.527. The first kappa shape index (κ1) is 8.40. The van der Waals surface area contributed by atoms with Crippen molar-refractivity contribution in [1.29, 1.82) is 0 Å². The van der Waals surface area contributed by atoms with Gasteiger partial charge in [-0.3, -0.25) is 0 Å². The second-order valence-corrected chi connectivity index (χ2v) is 1.70. The number of aliphatic hydroxyl groups is 2. The molecule has 0 aromatic carbocycles. The quantitative estimate of drug-likeness (QED) is 0.540. The molecule has 0 fully saturated rings. The highest BCUT2D eigenvalue weighted by Crippen LogP contribution is 1.98. The van der Waals surface area contributed by atoms with Gasteiger partial charge < -0.3 is 10.2 Å². The molecule has 0 bridgehead atoms. The van der Waals surface area contributed by atoms with Crippen LogP contribution in [0, 0.1) is 0 Å². The SMILES string of the molecule is C=CC/C(=C/CO)CO. The number of allylic oxidation sites excluding steroid dienone is 1. The Bertz CT molecular complexity index is 105. The van der Waals surface area contributed by atoms with E-state index in [0.717, 1.165) is 5.57 Å². The molecule has 0 aliphatic rings. The van der Waals surface area contributed by atoms with E-state index in [2.05, 4.69) is 6.58 Å². The molecule has 0 heterocycles. The summed E-state index contributed by atoms with van der Waals surface area (Å²) in [6.07, 6.45) is 3.93. The Morgan fingerprint density at radius 3 is 2.44 bits per heavy atom. The summed E-state index contributed by atoms with van der Waals surface area (Å²) in [5.74, 6) is 0. The van der Waals surface area contributed by atoms with Gasteiger partial charge in [-0.15, -0.1) is 6.58 Å². The van der Waals surface area contributed by atoms with Crippen molar-refractivity contribution < 1.29 is 10.2 Å². The fourth-order valence-corrected chi connectivity index (χ4v) is 0.527. The lowest BCUT2D eigenvalue weighted by Crippen LogP contribution is -1.90. The van der Waals surface area contributed by atoms with Crippen molar-refractivity contribution in [1.82, 2.24) is 0 Å². The number of aliphatic hydroxyl groups excluding tert-OH is 2. The van der Waals surface area contributed by atoms with Gasteiger partial charge in [0.15, 0.2) is 0 Å². The zero-order chi connectivity index (χ0) is 7.11. The van der Waals surface area contributed by atoms with Crippen molar-refractivity contribution in [3.8, 4) is 0 Å². The molecule has 0 saturated heterocycles. The average Bonchev–Trinajstić information content (AvgIpc) is 1.88. The standard InChI is InChI=1S/C7H12O2/c1-2-3-7(6-9)4-5-8/h2,4,8-9H,1,3,5-6H2/b7-4-. The molecule has 0 rings (SSSR count). The van der Waals surface area contributed by atoms with E-state index in [0.29, 0.717) is 6.42 Å². The van der Waals surface area contributed by atoms with E-state index in [1.807, 2.05) is 0 Å². The molecule has 2 N–H and O–H groups in total. The van der Waals surface area contributed by atoms with Gasteiger partial charge in [0.05, 0.1) is 13.2 Å². The van der Waals surface area contributed by atoms with Crippen molar-refractivity contribution in [3.05, 3.63) is 24.3 Å². The van der Waals surface area contributed by atoms with Gasteiger partial charge in [0.1, 0.15) is 0 Å². The molecule has 52 valence electrons. The van der Waals surface area contributed by atoms with Crippen LogP contribution in [0.5, 0.6) is 0 Å². The van der Waals surface area contributed by atoms with Crippen LogP contribution in [0.4, 0.5) is 0 Å². The first-order chi connectivity index (χ1) is 4.35. The minimum Gasteiger partial charge on any atom is -0.392 e. The van der Waals surface area contributed by atoms with Crippen molar-refractivity contribution in [2.75, 3.05) is 13.2 Å². The fraction of sp³-hybridized carbons (Fsp3) is 0.429. The van der Waals surface area contributed by atoms with Crippen LogP contribution in [0.25, 0.3) is 0 Å². The summed E-state index contributed by atoms with van der Waals surface area (Å²) < 4.78 is 0. The summed E-state index contributed by atoms with van der Waals surface area (Å²) in [7, 11) is 0. The highest BCUT2D eigenvalue weighted by Gasteiger charge is 1.88. The van der Waals surface area contributed by atoms with Gasteiger partial charge in [-0.1, -0.05) is 12.2 Å². The van der Waals surface area contributed by atoms with E-state index >= 15 is 0 Å². The summed E-state index contributed by atoms with van der Waals surface area (Å²) in [4.78, 5) is 0. The van der Waals surface area contributed by atoms with E-state index in [-0.39, 0.29) is 13.2 Å². The normalized spacial score (nSPS) is 11.6. The van der Waals surface area contributed by atoms with Crippen LogP contribution in [-0.4, -0.2) is 23.4 Å². The Morgan fingerprint density at radius 2 is 2.11 bits per heavy atom. The van der Waals surface area contributed by atoms with Crippen LogP contribution in [0.3, 0.4) is 0 Å². The van der Waals surface area contributed by atoms with E-state index in [1.165, 1.54) is 0 Å². The number of hydrogen-bond acceptors (Lipinski definition) is 2. The van der Waals surface area contributed by atoms with E-state index in [4.69, 9.17) is 10.2 Å². The second-order valence-electron chi connectivity index (χ2n) is 1.70. The second kappa shape index (κ2) is 5.54. The molecule has 0 aliphatic heterocycles. The Hall–Kier alpha value is -0.600. The maximum atomic E-state index is 8.56. The van der Waals surface area contributed by atoms with E-state index in [1.54, 1.807) is 12.2 Å². The molecular formula is C7H12O2. The molecule has 0 aromatic rings. The van der Waals surface area contributed by atoms with Gasteiger partial charge in [-0.2, -0.15) is 0 Å². The third-order valence-electron chi connectivity index (χ3n) is 0.990. The predicted octanol–water partition coefficient (Wildman–Crippen LogP) is 0.473. The zero-order valence-corrected chi connectivity index (χ0v) is 5.38. The summed E-state index contributed by atoms with van der Waals surface area (Å²) in [5.41, 5.74) is 0.813. The molecule has 0 unspecified atom stereocenters. The monoisotopic (exact) mass is 128 g/mol. The van der Waals surface area contributed by atoms with Gasteiger partial charge in [0.2, 0.25) is 0 Å². The highest BCUT2D eigenvalue weighted by molar-refractivity contribution is 5.06. The minimum atomic E-state index is -0.0102. The number of rotatable bonds is 4. The molecule has 0 aromatic heterocycles. The molecule has 0 aliphatic carbocycles. The molecule has 0 spiro atoms. The van der Waals surface area contributed by atoms with E-state index in [9.17, 15) is 0 Å². The molecule has 0 radical (unpaired) electrons. The molecular weight excluding hydrogens is 116 g/mol. The Labute approximate surface area is 55.1 Å². The Balaban J connectivity index is 3.65. The van der Waals surface area contributed by atoms with Crippen LogP contribution in [-0.2, 0) is 0 Å². The van der Waals surface area contributed by atoms with Gasteiger partial charge in [-0.05, 0) is 12.0 Å². The van der Waals surface area contributed by atoms with Crippen molar-refractivity contribution in [2.45, 2.75) is 6.42 Å². The van der Waals surface area contributed by atoms with Gasteiger partial charge in [0.25, 0.3) is 0 Å². The highest BCUT2D eigenvalue weighted by atomic mass is 16.3. The molecule has 2 nitrogen and oxygen atoms in total. The van der Waals surface area contributed by atoms with Gasteiger partial charge >= 0.3 is 0 Å². The lowest BCUT2D eigenvalue weighted by atomic mass is 10.2. The van der Waals surface area contributed by atoms with Crippen LogP contribution >= 0.6 is 0 Å². The summed E-state index contributed by atoms with van der Waals surface area (Å²) in [6.45, 7) is 3.49. The first-order valence-corrected chi connectivity index (χ1v) is 2.85. The predicted molar refractivity (Wildman–Crippen MR) is 37.1 cm³/mol. The third kappa shape index (κ3) is 3.94. The summed E-state index contributed by atoms with van der Waals surface area (Å²) in [5, 5.41) is 16.9. The van der Waals surface area contributed by atoms with Gasteiger partial charge in [0, 0.05) is 0 Å². The van der Waals surface area contributed by atoms with Crippen LogP contribution < -0.4 is 0 Å². The Kier molecular flexibility index (Phi) is 5.17. The average molecular weight is 128 g/mol. The lowest BCUT2D eigenvalue weighted by Gasteiger charge is -1.95. The largest absolute Gasteiger partial charge is 0.392 e. The van der Waals surface area contributed by atoms with E-state index < -0.39 is 0 Å². The molecule has 0 atom stereocenters. The van der Waals surface area contributed by atoms with Crippen molar-refractivity contribution in [3.63, 3.8) is 0 Å². The maximum absolute atomic E-state index is 8.56. The van der Waals surface area contributed by atoms with Crippen LogP contribution in [0.15, 0.2) is 24.3 Å². The van der Waals surface area contributed by atoms with Gasteiger partial charge in [-0.25, -0.2) is 0 Å². The minimum absolute atomic E-state index is 0.00653. The molecule has 0 amide bonds. The zero-order valence-electron chi connectivity index (χ0n) is 5.38. The van der Waals surface area contributed by atoms with Crippen molar-refractivity contribution >= 4 is 0 Å².